The maximum absolute atomic E-state index is 12.0. The minimum atomic E-state index is -0.399. The third kappa shape index (κ3) is 2.22. The van der Waals surface area contributed by atoms with Crippen LogP contribution in [0.2, 0.25) is 0 Å². The number of rotatable bonds is 2. The number of anilines is 1. The molecule has 1 atom stereocenters. The number of halogens is 1. The summed E-state index contributed by atoms with van der Waals surface area (Å²) < 4.78 is 0.946. The lowest BCUT2D eigenvalue weighted by molar-refractivity contribution is -0.119. The second kappa shape index (κ2) is 4.68. The molecule has 1 aromatic rings. The Hall–Kier alpha value is -1.67. The van der Waals surface area contributed by atoms with Gasteiger partial charge in [-0.05, 0) is 31.2 Å². The average molecular weight is 292 g/mol. The molecule has 1 unspecified atom stereocenters. The van der Waals surface area contributed by atoms with E-state index in [1.807, 2.05) is 30.3 Å². The number of hydrogen-bond acceptors (Lipinski definition) is 3. The van der Waals surface area contributed by atoms with Gasteiger partial charge < -0.3 is 0 Å². The highest BCUT2D eigenvalue weighted by molar-refractivity contribution is 9.10. The van der Waals surface area contributed by atoms with Crippen LogP contribution in [-0.2, 0) is 4.79 Å². The largest absolute Gasteiger partial charge is 0.272 e. The van der Waals surface area contributed by atoms with Gasteiger partial charge in [-0.1, -0.05) is 15.9 Å². The van der Waals surface area contributed by atoms with Gasteiger partial charge in [0.15, 0.2) is 0 Å². The molecule has 0 bridgehead atoms. The van der Waals surface area contributed by atoms with E-state index in [0.717, 1.165) is 10.2 Å². The van der Waals surface area contributed by atoms with E-state index in [-0.39, 0.29) is 12.3 Å². The van der Waals surface area contributed by atoms with Crippen molar-refractivity contribution < 1.29 is 4.79 Å². The molecule has 86 valence electrons. The Balaban J connectivity index is 2.28. The predicted molar refractivity (Wildman–Crippen MR) is 68.5 cm³/mol. The van der Waals surface area contributed by atoms with E-state index in [4.69, 9.17) is 5.26 Å². The van der Waals surface area contributed by atoms with Crippen LogP contribution in [0, 0.1) is 17.2 Å². The molecule has 1 aliphatic heterocycles. The average Bonchev–Trinajstić information content (AvgIpc) is 2.59. The first-order chi connectivity index (χ1) is 8.13. The van der Waals surface area contributed by atoms with Crippen LogP contribution in [0.4, 0.5) is 5.69 Å². The number of benzene rings is 1. The Morgan fingerprint density at radius 2 is 2.12 bits per heavy atom. The lowest BCUT2D eigenvalue weighted by Gasteiger charge is -2.13. The van der Waals surface area contributed by atoms with Crippen molar-refractivity contribution in [2.45, 2.75) is 13.3 Å². The third-order valence-electron chi connectivity index (χ3n) is 2.64. The summed E-state index contributed by atoms with van der Waals surface area (Å²) in [5.41, 5.74) is 1.41. The van der Waals surface area contributed by atoms with Crippen molar-refractivity contribution >= 4 is 33.2 Å². The first kappa shape index (κ1) is 11.8. The van der Waals surface area contributed by atoms with Gasteiger partial charge in [0.2, 0.25) is 0 Å². The summed E-state index contributed by atoms with van der Waals surface area (Å²) >= 11 is 3.34. The number of amides is 1. The molecule has 2 rings (SSSR count). The Bertz CT molecular complexity index is 516. The number of carbonyl (C=O) groups is 1. The van der Waals surface area contributed by atoms with Crippen LogP contribution in [0.15, 0.2) is 33.8 Å². The van der Waals surface area contributed by atoms with Crippen LogP contribution in [0.25, 0.3) is 0 Å². The molecule has 5 heteroatoms. The fraction of sp³-hybridized carbons (Fsp3) is 0.250. The van der Waals surface area contributed by atoms with Crippen molar-refractivity contribution in [3.8, 4) is 6.07 Å². The number of hydrazone groups is 1. The fourth-order valence-corrected chi connectivity index (χ4v) is 1.96. The van der Waals surface area contributed by atoms with E-state index < -0.39 is 5.92 Å². The van der Waals surface area contributed by atoms with Crippen LogP contribution < -0.4 is 5.01 Å². The lowest BCUT2D eigenvalue weighted by Crippen LogP contribution is -2.26. The molecule has 0 aromatic heterocycles. The van der Waals surface area contributed by atoms with Gasteiger partial charge in [-0.15, -0.1) is 0 Å². The molecule has 1 aromatic carbocycles. The van der Waals surface area contributed by atoms with Gasteiger partial charge in [-0.3, -0.25) is 4.79 Å². The van der Waals surface area contributed by atoms with E-state index in [9.17, 15) is 4.79 Å². The number of nitriles is 1. The fourth-order valence-electron chi connectivity index (χ4n) is 1.70. The van der Waals surface area contributed by atoms with E-state index >= 15 is 0 Å². The van der Waals surface area contributed by atoms with E-state index in [1.54, 1.807) is 6.92 Å². The first-order valence-corrected chi connectivity index (χ1v) is 5.94. The highest BCUT2D eigenvalue weighted by Crippen LogP contribution is 2.26. The van der Waals surface area contributed by atoms with Gasteiger partial charge in [0, 0.05) is 10.2 Å². The van der Waals surface area contributed by atoms with E-state index in [1.165, 1.54) is 5.01 Å². The highest BCUT2D eigenvalue weighted by atomic mass is 79.9. The lowest BCUT2D eigenvalue weighted by atomic mass is 10.0. The van der Waals surface area contributed by atoms with Gasteiger partial charge in [-0.2, -0.15) is 10.4 Å². The summed E-state index contributed by atoms with van der Waals surface area (Å²) in [5.74, 6) is -0.532. The van der Waals surface area contributed by atoms with Crippen molar-refractivity contribution in [3.63, 3.8) is 0 Å². The number of nitrogens with zero attached hydrogens (tertiary/aromatic N) is 3. The Labute approximate surface area is 108 Å². The summed E-state index contributed by atoms with van der Waals surface area (Å²) in [6, 6.07) is 9.35. The Morgan fingerprint density at radius 3 is 2.71 bits per heavy atom. The van der Waals surface area contributed by atoms with Crippen molar-refractivity contribution in [3.05, 3.63) is 28.7 Å². The molecule has 0 N–H and O–H groups in total. The van der Waals surface area contributed by atoms with Gasteiger partial charge in [0.05, 0.1) is 24.1 Å². The molecule has 0 saturated heterocycles. The van der Waals surface area contributed by atoms with E-state index in [0.29, 0.717) is 5.71 Å². The van der Waals surface area contributed by atoms with Crippen molar-refractivity contribution in [2.24, 2.45) is 11.0 Å². The molecule has 17 heavy (non-hydrogen) atoms. The zero-order valence-electron chi connectivity index (χ0n) is 9.22. The SMILES string of the molecule is CC1=NN(c2ccc(Br)cc2)C(=O)C1CC#N. The van der Waals surface area contributed by atoms with Crippen LogP contribution in [0.5, 0.6) is 0 Å². The number of carbonyl (C=O) groups excluding carboxylic acids is 1. The number of hydrogen-bond donors (Lipinski definition) is 0. The zero-order chi connectivity index (χ0) is 12.4. The molecule has 0 radical (unpaired) electrons. The summed E-state index contributed by atoms with van der Waals surface area (Å²) in [7, 11) is 0. The maximum Gasteiger partial charge on any atom is 0.257 e. The van der Waals surface area contributed by atoms with Crippen LogP contribution in [0.1, 0.15) is 13.3 Å². The second-order valence-corrected chi connectivity index (χ2v) is 4.70. The molecule has 0 aliphatic carbocycles. The van der Waals surface area contributed by atoms with Gasteiger partial charge >= 0.3 is 0 Å². The minimum Gasteiger partial charge on any atom is -0.272 e. The zero-order valence-corrected chi connectivity index (χ0v) is 10.8. The van der Waals surface area contributed by atoms with Crippen molar-refractivity contribution in [1.82, 2.24) is 0 Å². The molecule has 1 heterocycles. The summed E-state index contributed by atoms with van der Waals surface area (Å²) in [5, 5.41) is 14.2. The van der Waals surface area contributed by atoms with Crippen LogP contribution in [-0.4, -0.2) is 11.6 Å². The second-order valence-electron chi connectivity index (χ2n) is 3.78. The summed E-state index contributed by atoms with van der Waals surface area (Å²) in [4.78, 5) is 12.0. The van der Waals surface area contributed by atoms with Gasteiger partial charge in [-0.25, -0.2) is 5.01 Å². The van der Waals surface area contributed by atoms with E-state index in [2.05, 4.69) is 21.0 Å². The molecule has 1 aliphatic rings. The highest BCUT2D eigenvalue weighted by Gasteiger charge is 2.33. The standard InChI is InChI=1S/C12H10BrN3O/c1-8-11(6-7-14)12(17)16(15-8)10-4-2-9(13)3-5-10/h2-5,11H,6H2,1H3. The Morgan fingerprint density at radius 1 is 1.47 bits per heavy atom. The first-order valence-electron chi connectivity index (χ1n) is 5.15. The maximum atomic E-state index is 12.0. The molecule has 4 nitrogen and oxygen atoms in total. The smallest absolute Gasteiger partial charge is 0.257 e. The normalized spacial score (nSPS) is 19.1. The van der Waals surface area contributed by atoms with Crippen molar-refractivity contribution in [2.75, 3.05) is 5.01 Å². The van der Waals surface area contributed by atoms with Gasteiger partial charge in [0.25, 0.3) is 5.91 Å². The Kier molecular flexibility index (Phi) is 3.25. The molecular formula is C12H10BrN3O. The molecule has 0 fully saturated rings. The molecular weight excluding hydrogens is 282 g/mol. The predicted octanol–water partition coefficient (Wildman–Crippen LogP) is 2.70. The van der Waals surface area contributed by atoms with Crippen molar-refractivity contribution in [1.29, 1.82) is 5.26 Å². The molecule has 0 spiro atoms. The quantitative estimate of drug-likeness (QED) is 0.841. The summed E-state index contributed by atoms with van der Waals surface area (Å²) in [6.45, 7) is 1.78. The third-order valence-corrected chi connectivity index (χ3v) is 3.16. The minimum absolute atomic E-state index is 0.133. The summed E-state index contributed by atoms with van der Waals surface area (Å²) in [6.07, 6.45) is 0.182. The molecule has 1 amide bonds. The molecule has 0 saturated carbocycles. The monoisotopic (exact) mass is 291 g/mol. The topological polar surface area (TPSA) is 56.5 Å². The van der Waals surface area contributed by atoms with Crippen LogP contribution in [0.3, 0.4) is 0 Å². The van der Waals surface area contributed by atoms with Crippen LogP contribution >= 0.6 is 15.9 Å². The van der Waals surface area contributed by atoms with Gasteiger partial charge in [0.1, 0.15) is 0 Å².